The summed E-state index contributed by atoms with van der Waals surface area (Å²) in [7, 11) is 0. The molecular weight excluding hydrogens is 324 g/mol. The molecule has 0 radical (unpaired) electrons. The minimum Gasteiger partial charge on any atom is -0.427 e. The van der Waals surface area contributed by atoms with E-state index in [1.54, 1.807) is 12.1 Å². The number of carbonyl (C=O) groups is 1. The van der Waals surface area contributed by atoms with Crippen LogP contribution in [0.1, 0.15) is 63.6 Å². The highest BCUT2D eigenvalue weighted by Gasteiger charge is 2.20. The Labute approximate surface area is 156 Å². The van der Waals surface area contributed by atoms with Gasteiger partial charge in [-0.15, -0.1) is 0 Å². The van der Waals surface area contributed by atoms with Crippen LogP contribution in [0.5, 0.6) is 5.75 Å². The van der Waals surface area contributed by atoms with Gasteiger partial charge in [0.25, 0.3) is 0 Å². The van der Waals surface area contributed by atoms with E-state index in [-0.39, 0.29) is 5.97 Å². The van der Waals surface area contributed by atoms with E-state index in [1.807, 2.05) is 18.3 Å². The van der Waals surface area contributed by atoms with Gasteiger partial charge in [0.2, 0.25) is 0 Å². The van der Waals surface area contributed by atoms with E-state index in [2.05, 4.69) is 11.9 Å². The number of aromatic nitrogens is 2. The molecule has 0 saturated heterocycles. The minimum atomic E-state index is -0.313. The average molecular weight is 352 g/mol. The molecule has 26 heavy (non-hydrogen) atoms. The van der Waals surface area contributed by atoms with Crippen LogP contribution in [0.4, 0.5) is 0 Å². The molecule has 0 aliphatic heterocycles. The van der Waals surface area contributed by atoms with Crippen molar-refractivity contribution in [2.24, 2.45) is 5.92 Å². The maximum Gasteiger partial charge on any atom is 0.308 e. The van der Waals surface area contributed by atoms with Crippen LogP contribution in [0.15, 0.2) is 30.5 Å². The summed E-state index contributed by atoms with van der Waals surface area (Å²) in [6, 6.07) is 7.37. The Morgan fingerprint density at radius 1 is 1.19 bits per heavy atom. The first kappa shape index (κ1) is 18.6. The molecule has 0 bridgehead atoms. The Kier molecular flexibility index (Phi) is 6.37. The number of benzene rings is 1. The molecule has 1 heterocycles. The summed E-state index contributed by atoms with van der Waals surface area (Å²) >= 11 is 0. The normalized spacial score (nSPS) is 16.2. The van der Waals surface area contributed by atoms with E-state index in [1.165, 1.54) is 56.7 Å². The van der Waals surface area contributed by atoms with E-state index < -0.39 is 0 Å². The number of esters is 1. The molecule has 1 aliphatic rings. The molecule has 0 amide bonds. The van der Waals surface area contributed by atoms with Crippen molar-refractivity contribution < 1.29 is 9.53 Å². The zero-order valence-corrected chi connectivity index (χ0v) is 15.8. The second kappa shape index (κ2) is 8.93. The van der Waals surface area contributed by atoms with Crippen molar-refractivity contribution in [1.29, 1.82) is 0 Å². The number of hydrogen-bond donors (Lipinski definition) is 0. The lowest BCUT2D eigenvalue weighted by Crippen LogP contribution is -2.16. The van der Waals surface area contributed by atoms with Gasteiger partial charge >= 0.3 is 5.97 Å². The third-order valence-corrected chi connectivity index (χ3v) is 5.09. The summed E-state index contributed by atoms with van der Waals surface area (Å²) in [5, 5.41) is 0. The third-order valence-electron chi connectivity index (χ3n) is 5.09. The molecular formula is C22H28N2O2. The molecule has 0 spiro atoms. The predicted octanol–water partition coefficient (Wildman–Crippen LogP) is 5.14. The van der Waals surface area contributed by atoms with Gasteiger partial charge in [0.15, 0.2) is 5.82 Å². The smallest absolute Gasteiger partial charge is 0.308 e. The van der Waals surface area contributed by atoms with Crippen molar-refractivity contribution >= 4 is 5.97 Å². The molecule has 1 unspecified atom stereocenters. The summed E-state index contributed by atoms with van der Waals surface area (Å²) in [5.41, 5.74) is 3.46. The van der Waals surface area contributed by atoms with E-state index in [9.17, 15) is 4.79 Å². The highest BCUT2D eigenvalue weighted by molar-refractivity contribution is 5.69. The first-order chi connectivity index (χ1) is 12.7. The third kappa shape index (κ3) is 4.90. The van der Waals surface area contributed by atoms with Crippen LogP contribution in [-0.4, -0.2) is 15.9 Å². The number of hydrogen-bond acceptors (Lipinski definition) is 4. The summed E-state index contributed by atoms with van der Waals surface area (Å²) in [6.07, 6.45) is 12.1. The topological polar surface area (TPSA) is 52.1 Å². The Hall–Kier alpha value is -2.23. The molecule has 4 heteroatoms. The Morgan fingerprint density at radius 3 is 2.73 bits per heavy atom. The quantitative estimate of drug-likeness (QED) is 0.393. The fourth-order valence-corrected chi connectivity index (χ4v) is 3.67. The molecule has 0 N–H and O–H groups in total. The number of ether oxygens (including phenoxy) is 1. The molecule has 1 aliphatic carbocycles. The first-order valence-electron chi connectivity index (χ1n) is 9.79. The molecule has 3 rings (SSSR count). The van der Waals surface area contributed by atoms with Gasteiger partial charge in [-0.25, -0.2) is 9.97 Å². The molecule has 0 fully saturated rings. The summed E-state index contributed by atoms with van der Waals surface area (Å²) < 4.78 is 5.08. The van der Waals surface area contributed by atoms with Gasteiger partial charge in [-0.1, -0.05) is 39.0 Å². The molecule has 138 valence electrons. The predicted molar refractivity (Wildman–Crippen MR) is 103 cm³/mol. The number of rotatable bonds is 7. The van der Waals surface area contributed by atoms with Crippen LogP contribution in [0.3, 0.4) is 0 Å². The summed E-state index contributed by atoms with van der Waals surface area (Å²) in [4.78, 5) is 20.4. The second-order valence-electron chi connectivity index (χ2n) is 7.24. The molecule has 1 atom stereocenters. The zero-order chi connectivity index (χ0) is 18.4. The van der Waals surface area contributed by atoms with Crippen LogP contribution < -0.4 is 4.74 Å². The lowest BCUT2D eigenvalue weighted by Gasteiger charge is -2.24. The summed E-state index contributed by atoms with van der Waals surface area (Å²) in [6.45, 7) is 3.66. The molecule has 1 aromatic heterocycles. The van der Waals surface area contributed by atoms with E-state index >= 15 is 0 Å². The van der Waals surface area contributed by atoms with E-state index in [4.69, 9.17) is 9.72 Å². The van der Waals surface area contributed by atoms with Crippen molar-refractivity contribution in [1.82, 2.24) is 9.97 Å². The number of unbranched alkanes of at least 4 members (excludes halogenated alkanes) is 3. The molecule has 1 aromatic carbocycles. The minimum absolute atomic E-state index is 0.313. The highest BCUT2D eigenvalue weighted by atomic mass is 16.5. The Bertz CT molecular complexity index is 740. The first-order valence-corrected chi connectivity index (χ1v) is 9.79. The van der Waals surface area contributed by atoms with Crippen LogP contribution in [-0.2, 0) is 17.6 Å². The van der Waals surface area contributed by atoms with Gasteiger partial charge in [0, 0.05) is 24.4 Å². The Morgan fingerprint density at radius 2 is 2.00 bits per heavy atom. The number of aryl methyl sites for hydroxylation is 1. The fraction of sp³-hybridized carbons (Fsp3) is 0.500. The van der Waals surface area contributed by atoms with Gasteiger partial charge < -0.3 is 4.74 Å². The van der Waals surface area contributed by atoms with Gasteiger partial charge in [-0.3, -0.25) is 4.79 Å². The van der Waals surface area contributed by atoms with Gasteiger partial charge in [-0.05, 0) is 55.0 Å². The maximum absolute atomic E-state index is 11.0. The van der Waals surface area contributed by atoms with Gasteiger partial charge in [0.1, 0.15) is 5.75 Å². The van der Waals surface area contributed by atoms with Crippen molar-refractivity contribution in [3.8, 4) is 17.1 Å². The largest absolute Gasteiger partial charge is 0.427 e. The standard InChI is InChI=1S/C22H28N2O2/c1-3-4-5-6-7-17-8-13-21-19(14-17)15-23-22(24-21)18-9-11-20(12-10-18)26-16(2)25/h9-12,15,17H,3-8,13-14H2,1-2H3. The van der Waals surface area contributed by atoms with Gasteiger partial charge in [-0.2, -0.15) is 0 Å². The second-order valence-corrected chi connectivity index (χ2v) is 7.24. The monoisotopic (exact) mass is 352 g/mol. The molecule has 2 aromatic rings. The summed E-state index contributed by atoms with van der Waals surface area (Å²) in [5.74, 6) is 1.77. The SMILES string of the molecule is CCCCCCC1CCc2nc(-c3ccc(OC(C)=O)cc3)ncc2C1. The van der Waals surface area contributed by atoms with Gasteiger partial charge in [0.05, 0.1) is 0 Å². The Balaban J connectivity index is 1.64. The molecule has 4 nitrogen and oxygen atoms in total. The van der Waals surface area contributed by atoms with Crippen LogP contribution in [0.25, 0.3) is 11.4 Å². The highest BCUT2D eigenvalue weighted by Crippen LogP contribution is 2.29. The number of fused-ring (bicyclic) bond motifs is 1. The zero-order valence-electron chi connectivity index (χ0n) is 15.8. The fourth-order valence-electron chi connectivity index (χ4n) is 3.67. The van der Waals surface area contributed by atoms with Crippen molar-refractivity contribution in [3.05, 3.63) is 41.7 Å². The van der Waals surface area contributed by atoms with Crippen molar-refractivity contribution in [2.75, 3.05) is 0 Å². The molecule has 0 saturated carbocycles. The van der Waals surface area contributed by atoms with Crippen LogP contribution in [0.2, 0.25) is 0 Å². The lowest BCUT2D eigenvalue weighted by molar-refractivity contribution is -0.131. The average Bonchev–Trinajstić information content (AvgIpc) is 2.65. The van der Waals surface area contributed by atoms with E-state index in [0.29, 0.717) is 5.75 Å². The lowest BCUT2D eigenvalue weighted by atomic mass is 9.84. The van der Waals surface area contributed by atoms with Crippen LogP contribution in [0, 0.1) is 5.92 Å². The van der Waals surface area contributed by atoms with Crippen molar-refractivity contribution in [2.45, 2.75) is 65.2 Å². The van der Waals surface area contributed by atoms with E-state index in [0.717, 1.165) is 30.1 Å². The van der Waals surface area contributed by atoms with Crippen molar-refractivity contribution in [3.63, 3.8) is 0 Å². The van der Waals surface area contributed by atoms with Crippen LogP contribution >= 0.6 is 0 Å². The number of carbonyl (C=O) groups excluding carboxylic acids is 1. The number of nitrogens with zero attached hydrogens (tertiary/aromatic N) is 2. The maximum atomic E-state index is 11.0.